The van der Waals surface area contributed by atoms with E-state index < -0.39 is 6.10 Å². The quantitative estimate of drug-likeness (QED) is 0.141. The molecule has 1 aliphatic rings. The van der Waals surface area contributed by atoms with Crippen molar-refractivity contribution >= 4 is 11.7 Å². The van der Waals surface area contributed by atoms with Crippen LogP contribution in [0.25, 0.3) is 0 Å². The van der Waals surface area contributed by atoms with E-state index in [-0.39, 0.29) is 29.2 Å². The number of allylic oxidation sites excluding steroid dienone is 3. The van der Waals surface area contributed by atoms with Crippen molar-refractivity contribution < 1.29 is 24.2 Å². The van der Waals surface area contributed by atoms with E-state index in [0.717, 1.165) is 6.42 Å². The van der Waals surface area contributed by atoms with Crippen molar-refractivity contribution in [3.8, 4) is 0 Å². The number of halogens is 1. The van der Waals surface area contributed by atoms with E-state index >= 15 is 0 Å². The molecule has 7 heteroatoms. The number of benzene rings is 1. The van der Waals surface area contributed by atoms with Gasteiger partial charge in [0.15, 0.2) is 0 Å². The molecule has 1 aromatic rings. The highest BCUT2D eigenvalue weighted by atomic mass is 19.1. The van der Waals surface area contributed by atoms with Crippen LogP contribution < -0.4 is 5.32 Å². The topological polar surface area (TPSA) is 91.2 Å². The Kier molecular flexibility index (Phi) is 10.7. The first kappa shape index (κ1) is 26.7. The van der Waals surface area contributed by atoms with Crippen molar-refractivity contribution in [2.75, 3.05) is 14.2 Å². The summed E-state index contributed by atoms with van der Waals surface area (Å²) in [6.07, 6.45) is 11.6. The second-order valence-corrected chi connectivity index (χ2v) is 8.85. The minimum absolute atomic E-state index is 0.100. The number of nitrogens with one attached hydrogen (secondary N) is 1. The Bertz CT molecular complexity index is 854. The van der Waals surface area contributed by atoms with E-state index in [0.29, 0.717) is 49.8 Å². The van der Waals surface area contributed by atoms with Crippen molar-refractivity contribution in [1.29, 1.82) is 0 Å². The number of aliphatic hydroxyl groups excluding tert-OH is 1. The number of methoxy groups -OCH3 is 1. The minimum atomic E-state index is -0.593. The van der Waals surface area contributed by atoms with Crippen LogP contribution in [0.4, 0.5) is 4.39 Å². The summed E-state index contributed by atoms with van der Waals surface area (Å²) < 4.78 is 18.6. The lowest BCUT2D eigenvalue weighted by molar-refractivity contribution is -0.140. The zero-order chi connectivity index (χ0) is 24.3. The second-order valence-electron chi connectivity index (χ2n) is 8.85. The van der Waals surface area contributed by atoms with Gasteiger partial charge in [0.2, 0.25) is 0 Å². The lowest BCUT2D eigenvalue weighted by Crippen LogP contribution is -2.38. The molecule has 0 aliphatic heterocycles. The summed E-state index contributed by atoms with van der Waals surface area (Å²) >= 11 is 0. The normalized spacial score (nSPS) is 24.0. The van der Waals surface area contributed by atoms with Crippen molar-refractivity contribution in [1.82, 2.24) is 5.32 Å². The summed E-state index contributed by atoms with van der Waals surface area (Å²) in [4.78, 5) is 11.2. The molecule has 0 saturated heterocycles. The highest BCUT2D eigenvalue weighted by Crippen LogP contribution is 2.35. The van der Waals surface area contributed by atoms with Crippen molar-refractivity contribution in [3.63, 3.8) is 0 Å². The van der Waals surface area contributed by atoms with Gasteiger partial charge in [-0.15, -0.1) is 0 Å². The van der Waals surface area contributed by atoms with Crippen LogP contribution in [0, 0.1) is 17.7 Å². The minimum Gasteiger partial charge on any atom is -0.469 e. The Hall–Kier alpha value is -2.51. The van der Waals surface area contributed by atoms with E-state index in [2.05, 4.69) is 15.2 Å². The first-order chi connectivity index (χ1) is 15.8. The molecule has 1 fully saturated rings. The van der Waals surface area contributed by atoms with Gasteiger partial charge in [-0.25, -0.2) is 4.39 Å². The first-order valence-corrected chi connectivity index (χ1v) is 11.6. The van der Waals surface area contributed by atoms with Gasteiger partial charge in [0.1, 0.15) is 5.82 Å². The molecule has 182 valence electrons. The third kappa shape index (κ3) is 8.09. The molecule has 1 aromatic carbocycles. The summed E-state index contributed by atoms with van der Waals surface area (Å²) in [6.45, 7) is 2.04. The van der Waals surface area contributed by atoms with E-state index in [1.54, 1.807) is 12.1 Å². The number of likely N-dealkylation sites (N-methyl/N-ethyl adjacent to an activating group) is 1. The van der Waals surface area contributed by atoms with Crippen LogP contribution in [0.15, 0.2) is 53.7 Å². The van der Waals surface area contributed by atoms with Crippen molar-refractivity contribution in [3.05, 3.63) is 60.0 Å². The third-order valence-corrected chi connectivity index (χ3v) is 6.56. The summed E-state index contributed by atoms with van der Waals surface area (Å²) in [6, 6.07) is 6.79. The average Bonchev–Trinajstić information content (AvgIpc) is 3.13. The monoisotopic (exact) mass is 460 g/mol. The fourth-order valence-corrected chi connectivity index (χ4v) is 4.19. The molecule has 0 heterocycles. The number of unbranched alkanes of at least 4 members (excludes halogenated alkanes) is 1. The van der Waals surface area contributed by atoms with Crippen LogP contribution in [0.5, 0.6) is 0 Å². The molecule has 0 amide bonds. The predicted molar refractivity (Wildman–Crippen MR) is 128 cm³/mol. The zero-order valence-electron chi connectivity index (χ0n) is 19.8. The Labute approximate surface area is 196 Å². The van der Waals surface area contributed by atoms with Gasteiger partial charge in [-0.1, -0.05) is 47.7 Å². The fourth-order valence-electron chi connectivity index (χ4n) is 4.19. The van der Waals surface area contributed by atoms with Gasteiger partial charge >= 0.3 is 5.97 Å². The van der Waals surface area contributed by atoms with E-state index in [1.165, 1.54) is 13.2 Å². The van der Waals surface area contributed by atoms with Gasteiger partial charge in [0.25, 0.3) is 0 Å². The number of aryl methyl sites for hydroxylation is 1. The van der Waals surface area contributed by atoms with E-state index in [4.69, 9.17) is 0 Å². The maximum Gasteiger partial charge on any atom is 0.305 e. The average molecular weight is 461 g/mol. The molecule has 3 N–H and O–H groups in total. The molecule has 2 rings (SSSR count). The molecule has 4 unspecified atom stereocenters. The standard InChI is InChI=1S/C26H37FN2O4/c1-26(28-2,16-14-19-10-8-9-12-22(19)27)17-15-20-21(24(30)18-23(20)29-32)11-6-4-5-7-13-25(31)33-3/h4,6,8-10,12,15,17,20-21,24,28,30,32H,5,7,11,13-14,16,18H2,1-3H3/b6-4+,17-15+,29-23-. The van der Waals surface area contributed by atoms with Gasteiger partial charge in [0, 0.05) is 30.2 Å². The first-order valence-electron chi connectivity index (χ1n) is 11.6. The fraction of sp³-hybridized carbons (Fsp3) is 0.538. The van der Waals surface area contributed by atoms with Gasteiger partial charge in [-0.2, -0.15) is 0 Å². The second kappa shape index (κ2) is 13.3. The number of aliphatic hydroxyl groups is 1. The highest BCUT2D eigenvalue weighted by Gasteiger charge is 2.38. The SMILES string of the molecule is CNC(C)(/C=C/C1/C(=N\O)CC(O)C1C/C=C/CCCC(=O)OC)CCc1ccccc1F. The molecule has 1 saturated carbocycles. The van der Waals surface area contributed by atoms with Crippen LogP contribution >= 0.6 is 0 Å². The molecule has 1 aliphatic carbocycles. The van der Waals surface area contributed by atoms with Gasteiger partial charge in [-0.3, -0.25) is 4.79 Å². The summed E-state index contributed by atoms with van der Waals surface area (Å²) in [5.74, 6) is -0.708. The van der Waals surface area contributed by atoms with E-state index in [1.807, 2.05) is 44.3 Å². The molecule has 0 spiro atoms. The van der Waals surface area contributed by atoms with Gasteiger partial charge in [-0.05, 0) is 57.7 Å². The van der Waals surface area contributed by atoms with Crippen LogP contribution in [-0.2, 0) is 16.0 Å². The van der Waals surface area contributed by atoms with Crippen LogP contribution in [0.2, 0.25) is 0 Å². The summed E-state index contributed by atoms with van der Waals surface area (Å²) in [5.41, 5.74) is 0.858. The molecular weight excluding hydrogens is 423 g/mol. The maximum absolute atomic E-state index is 14.0. The smallest absolute Gasteiger partial charge is 0.305 e. The molecule has 6 nitrogen and oxygen atoms in total. The molecule has 33 heavy (non-hydrogen) atoms. The number of carbonyl (C=O) groups is 1. The number of carbonyl (C=O) groups excluding carboxylic acids is 1. The molecule has 0 radical (unpaired) electrons. The third-order valence-electron chi connectivity index (χ3n) is 6.56. The number of esters is 1. The molecule has 0 aromatic heterocycles. The zero-order valence-corrected chi connectivity index (χ0v) is 19.8. The Morgan fingerprint density at radius 1 is 1.36 bits per heavy atom. The Balaban J connectivity index is 2.02. The lowest BCUT2D eigenvalue weighted by Gasteiger charge is -2.27. The summed E-state index contributed by atoms with van der Waals surface area (Å²) in [5, 5.41) is 26.8. The van der Waals surface area contributed by atoms with Crippen molar-refractivity contribution in [2.24, 2.45) is 17.0 Å². The van der Waals surface area contributed by atoms with Crippen molar-refractivity contribution in [2.45, 2.75) is 63.5 Å². The van der Waals surface area contributed by atoms with Crippen LogP contribution in [-0.4, -0.2) is 47.8 Å². The number of hydrogen-bond acceptors (Lipinski definition) is 6. The molecular formula is C26H37FN2O4. The highest BCUT2D eigenvalue weighted by molar-refractivity contribution is 5.90. The number of ether oxygens (including phenoxy) is 1. The number of hydrogen-bond donors (Lipinski definition) is 3. The summed E-state index contributed by atoms with van der Waals surface area (Å²) in [7, 11) is 3.25. The number of rotatable bonds is 12. The Morgan fingerprint density at radius 2 is 2.12 bits per heavy atom. The maximum atomic E-state index is 14.0. The van der Waals surface area contributed by atoms with Crippen LogP contribution in [0.3, 0.4) is 0 Å². The lowest BCUT2D eigenvalue weighted by atomic mass is 9.86. The predicted octanol–water partition coefficient (Wildman–Crippen LogP) is 4.41. The van der Waals surface area contributed by atoms with Gasteiger partial charge < -0.3 is 20.4 Å². The molecule has 0 bridgehead atoms. The van der Waals surface area contributed by atoms with Crippen LogP contribution in [0.1, 0.15) is 51.0 Å². The number of nitrogens with zero attached hydrogens (tertiary/aromatic N) is 1. The molecule has 4 atom stereocenters. The van der Waals surface area contributed by atoms with E-state index in [9.17, 15) is 19.5 Å². The van der Waals surface area contributed by atoms with Gasteiger partial charge in [0.05, 0.1) is 18.9 Å². The number of oxime groups is 1. The Morgan fingerprint density at radius 3 is 2.79 bits per heavy atom. The largest absolute Gasteiger partial charge is 0.469 e.